The number of benzene rings is 2. The number of rotatable bonds is 15. The maximum atomic E-state index is 13.1. The third-order valence-corrected chi connectivity index (χ3v) is 8.55. The molecule has 12 atom stereocenters. The lowest BCUT2D eigenvalue weighted by atomic mass is 9.87. The van der Waals surface area contributed by atoms with Gasteiger partial charge in [0.1, 0.15) is 73.5 Å². The van der Waals surface area contributed by atoms with Gasteiger partial charge in [-0.25, -0.2) is 9.59 Å². The highest BCUT2D eigenvalue weighted by molar-refractivity contribution is 5.89. The van der Waals surface area contributed by atoms with E-state index in [2.05, 4.69) is 0 Å². The minimum Gasteiger partial charge on any atom is -0.462 e. The summed E-state index contributed by atoms with van der Waals surface area (Å²) in [6.45, 7) is 1.26. The zero-order valence-electron chi connectivity index (χ0n) is 28.3. The molecule has 52 heavy (non-hydrogen) atoms. The summed E-state index contributed by atoms with van der Waals surface area (Å²) in [4.78, 5) is 26.0. The van der Waals surface area contributed by atoms with Crippen molar-refractivity contribution in [1.29, 1.82) is 0 Å². The Kier molecular flexibility index (Phi) is 14.3. The monoisotopic (exact) mass is 742 g/mol. The van der Waals surface area contributed by atoms with Gasteiger partial charge in [-0.3, -0.25) is 0 Å². The Bertz CT molecular complexity index is 1430. The predicted octanol–water partition coefficient (Wildman–Crippen LogP) is -3.03. The number of hydrogen-bond acceptors (Lipinski definition) is 18. The molecule has 2 saturated heterocycles. The van der Waals surface area contributed by atoms with Crippen molar-refractivity contribution < 1.29 is 89.1 Å². The highest BCUT2D eigenvalue weighted by Crippen LogP contribution is 2.28. The van der Waals surface area contributed by atoms with Crippen LogP contribution in [0.5, 0.6) is 11.5 Å². The normalized spacial score (nSPS) is 30.9. The van der Waals surface area contributed by atoms with Crippen molar-refractivity contribution >= 4 is 11.9 Å². The molecule has 18 heteroatoms. The fraction of sp³-hybridized carbons (Fsp3) is 0.588. The Morgan fingerprint density at radius 3 is 1.46 bits per heavy atom. The zero-order valence-corrected chi connectivity index (χ0v) is 28.3. The molecule has 2 heterocycles. The van der Waals surface area contributed by atoms with Gasteiger partial charge in [0.15, 0.2) is 11.7 Å². The summed E-state index contributed by atoms with van der Waals surface area (Å²) in [5.74, 6) is -2.66. The van der Waals surface area contributed by atoms with Gasteiger partial charge in [0.25, 0.3) is 0 Å². The number of aliphatic hydroxyl groups excluding tert-OH is 9. The maximum Gasteiger partial charge on any atom is 0.341 e. The van der Waals surface area contributed by atoms with Gasteiger partial charge >= 0.3 is 11.9 Å². The second kappa shape index (κ2) is 18.0. The molecule has 12 unspecified atom stereocenters. The molecule has 0 bridgehead atoms. The van der Waals surface area contributed by atoms with Crippen molar-refractivity contribution in [2.75, 3.05) is 13.2 Å². The second-order valence-corrected chi connectivity index (χ2v) is 13.0. The van der Waals surface area contributed by atoms with Crippen molar-refractivity contribution in [2.45, 2.75) is 107 Å². The summed E-state index contributed by atoms with van der Waals surface area (Å²) in [5.41, 5.74) is -1.88. The maximum absolute atomic E-state index is 13.1. The van der Waals surface area contributed by atoms with E-state index in [1.54, 1.807) is 13.8 Å². The van der Waals surface area contributed by atoms with Gasteiger partial charge in [0.05, 0.1) is 13.2 Å². The molecule has 2 aliphatic heterocycles. The van der Waals surface area contributed by atoms with E-state index in [9.17, 15) is 60.7 Å². The molecule has 2 aromatic carbocycles. The number of carbonyl (C=O) groups is 2. The topological polar surface area (TPSA) is 292 Å². The Morgan fingerprint density at radius 1 is 0.673 bits per heavy atom. The van der Waals surface area contributed by atoms with Crippen LogP contribution in [0.1, 0.15) is 31.4 Å². The van der Waals surface area contributed by atoms with Crippen LogP contribution in [-0.4, -0.2) is 149 Å². The molecule has 0 spiro atoms. The molecular formula is C34H46O18. The third kappa shape index (κ3) is 9.72. The lowest BCUT2D eigenvalue weighted by Crippen LogP contribution is -2.60. The van der Waals surface area contributed by atoms with Crippen LogP contribution in [0.15, 0.2) is 48.5 Å². The van der Waals surface area contributed by atoms with Crippen LogP contribution in [0.2, 0.25) is 0 Å². The second-order valence-electron chi connectivity index (χ2n) is 13.0. The quantitative estimate of drug-likeness (QED) is 0.0812. The van der Waals surface area contributed by atoms with Crippen LogP contribution in [0.3, 0.4) is 0 Å². The lowest BCUT2D eigenvalue weighted by Gasteiger charge is -2.39. The molecule has 4 rings (SSSR count). The first-order valence-electron chi connectivity index (χ1n) is 16.5. The van der Waals surface area contributed by atoms with Gasteiger partial charge in [0, 0.05) is 0 Å². The van der Waals surface area contributed by atoms with Crippen molar-refractivity contribution in [1.82, 2.24) is 0 Å². The van der Waals surface area contributed by atoms with Crippen molar-refractivity contribution in [3.8, 4) is 11.5 Å². The molecule has 290 valence electrons. The summed E-state index contributed by atoms with van der Waals surface area (Å²) in [6, 6.07) is 11.6. The summed E-state index contributed by atoms with van der Waals surface area (Å²) < 4.78 is 32.1. The summed E-state index contributed by atoms with van der Waals surface area (Å²) in [5, 5.41) is 101. The number of esters is 2. The fourth-order valence-electron chi connectivity index (χ4n) is 5.56. The SMILES string of the molecule is CC(C)CC(O)(C(=O)OCc1ccc(OC2OC(CO)C(O)C(O)C2O)cc1)C(O)C(=O)OCc1ccc(OC2OC(CO)C(O)C(O)C2O)cc1. The first-order valence-corrected chi connectivity index (χ1v) is 16.5. The van der Waals surface area contributed by atoms with Gasteiger partial charge in [-0.15, -0.1) is 0 Å². The Hall–Kier alpha value is -3.50. The van der Waals surface area contributed by atoms with Crippen LogP contribution >= 0.6 is 0 Å². The van der Waals surface area contributed by atoms with E-state index in [1.807, 2.05) is 0 Å². The van der Waals surface area contributed by atoms with Crippen LogP contribution in [0, 0.1) is 5.92 Å². The van der Waals surface area contributed by atoms with E-state index in [-0.39, 0.29) is 30.4 Å². The fourth-order valence-corrected chi connectivity index (χ4v) is 5.56. The van der Waals surface area contributed by atoms with Gasteiger partial charge in [0.2, 0.25) is 12.6 Å². The van der Waals surface area contributed by atoms with E-state index in [1.165, 1.54) is 48.5 Å². The van der Waals surface area contributed by atoms with Crippen LogP contribution in [-0.2, 0) is 41.8 Å². The van der Waals surface area contributed by atoms with Crippen LogP contribution in [0.25, 0.3) is 0 Å². The van der Waals surface area contributed by atoms with Gasteiger partial charge in [-0.1, -0.05) is 38.1 Å². The molecule has 0 saturated carbocycles. The van der Waals surface area contributed by atoms with E-state index in [0.29, 0.717) is 11.1 Å². The molecular weight excluding hydrogens is 696 g/mol. The molecule has 10 N–H and O–H groups in total. The summed E-state index contributed by atoms with van der Waals surface area (Å²) >= 11 is 0. The Labute approximate surface area is 297 Å². The lowest BCUT2D eigenvalue weighted by molar-refractivity contribution is -0.277. The summed E-state index contributed by atoms with van der Waals surface area (Å²) in [6.07, 6.45) is -17.5. The van der Waals surface area contributed by atoms with Gasteiger partial charge in [-0.2, -0.15) is 0 Å². The van der Waals surface area contributed by atoms with Crippen molar-refractivity contribution in [3.05, 3.63) is 59.7 Å². The molecule has 2 aromatic rings. The molecule has 0 aliphatic carbocycles. The number of aliphatic hydroxyl groups is 10. The first kappa shape index (κ1) is 41.3. The highest BCUT2D eigenvalue weighted by Gasteiger charge is 2.50. The van der Waals surface area contributed by atoms with E-state index in [4.69, 9.17) is 28.4 Å². The third-order valence-electron chi connectivity index (χ3n) is 8.55. The smallest absolute Gasteiger partial charge is 0.341 e. The standard InChI is InChI=1S/C34H46O18/c1-16(2)11-34(46,33(45)48-15-18-5-9-20(10-6-18)50-32-28(42)26(40)24(38)22(13-36)52-32)29(43)30(44)47-14-17-3-7-19(8-4-17)49-31-27(41)25(39)23(37)21(12-35)51-31/h3-10,16,21-29,31-32,35-43,46H,11-15H2,1-2H3. The molecule has 18 nitrogen and oxygen atoms in total. The van der Waals surface area contributed by atoms with E-state index in [0.717, 1.165) is 0 Å². The number of hydrogen-bond donors (Lipinski definition) is 10. The highest BCUT2D eigenvalue weighted by atomic mass is 16.7. The van der Waals surface area contributed by atoms with Crippen LogP contribution < -0.4 is 9.47 Å². The first-order chi connectivity index (χ1) is 24.6. The predicted molar refractivity (Wildman–Crippen MR) is 172 cm³/mol. The molecule has 2 fully saturated rings. The minimum atomic E-state index is -2.68. The minimum absolute atomic E-state index is 0.157. The number of carbonyl (C=O) groups excluding carboxylic acids is 2. The molecule has 0 aromatic heterocycles. The van der Waals surface area contributed by atoms with Crippen molar-refractivity contribution in [3.63, 3.8) is 0 Å². The molecule has 0 radical (unpaired) electrons. The van der Waals surface area contributed by atoms with Crippen molar-refractivity contribution in [2.24, 2.45) is 5.92 Å². The van der Waals surface area contributed by atoms with E-state index >= 15 is 0 Å². The van der Waals surface area contributed by atoms with Crippen LogP contribution in [0.4, 0.5) is 0 Å². The Balaban J connectivity index is 1.31. The molecule has 0 amide bonds. The number of ether oxygens (including phenoxy) is 6. The molecule has 2 aliphatic rings. The average molecular weight is 743 g/mol. The van der Waals surface area contributed by atoms with E-state index < -0.39 is 105 Å². The van der Waals surface area contributed by atoms with Gasteiger partial charge in [-0.05, 0) is 47.7 Å². The largest absolute Gasteiger partial charge is 0.462 e. The summed E-state index contributed by atoms with van der Waals surface area (Å²) in [7, 11) is 0. The zero-order chi connectivity index (χ0) is 38.3. The van der Waals surface area contributed by atoms with Gasteiger partial charge < -0.3 is 79.5 Å². The Morgan fingerprint density at radius 2 is 1.08 bits per heavy atom. The average Bonchev–Trinajstić information content (AvgIpc) is 3.13.